The molecular formula is C15H21N3O. The molecule has 3 N–H and O–H groups in total. The first kappa shape index (κ1) is 12.5. The molecule has 3 rings (SSSR count). The first-order chi connectivity index (χ1) is 9.15. The molecule has 4 heteroatoms. The number of fused-ring (bicyclic) bond motifs is 1. The van der Waals surface area contributed by atoms with Crippen LogP contribution in [0.25, 0.3) is 10.9 Å². The standard InChI is InChI=1S/C15H21N3O/c1-9-7-14(10(2)13-8-17-18-15(9)13)19-12-5-3-11(16)4-6-12/h7-8,11-12H,3-6,16H2,1-2H3,(H,17,18). The summed E-state index contributed by atoms with van der Waals surface area (Å²) in [4.78, 5) is 0. The van der Waals surface area contributed by atoms with E-state index in [1.54, 1.807) is 0 Å². The van der Waals surface area contributed by atoms with Gasteiger partial charge in [0.25, 0.3) is 0 Å². The number of nitrogens with zero attached hydrogens (tertiary/aromatic N) is 1. The Bertz CT molecular complexity index is 582. The first-order valence-corrected chi connectivity index (χ1v) is 7.00. The van der Waals surface area contributed by atoms with E-state index in [9.17, 15) is 0 Å². The van der Waals surface area contributed by atoms with Gasteiger partial charge in [-0.2, -0.15) is 5.10 Å². The molecule has 1 aliphatic rings. The number of nitrogens with one attached hydrogen (secondary N) is 1. The molecule has 102 valence electrons. The van der Waals surface area contributed by atoms with Gasteiger partial charge in [0, 0.05) is 17.0 Å². The molecule has 0 unspecified atom stereocenters. The second kappa shape index (κ2) is 4.85. The van der Waals surface area contributed by atoms with Gasteiger partial charge in [-0.15, -0.1) is 0 Å². The Kier molecular flexibility index (Phi) is 3.19. The van der Waals surface area contributed by atoms with Gasteiger partial charge in [0.2, 0.25) is 0 Å². The predicted octanol–water partition coefficient (Wildman–Crippen LogP) is 2.83. The number of benzene rings is 1. The molecule has 19 heavy (non-hydrogen) atoms. The minimum Gasteiger partial charge on any atom is -0.490 e. The molecule has 1 fully saturated rings. The van der Waals surface area contributed by atoms with Crippen LogP contribution < -0.4 is 10.5 Å². The lowest BCUT2D eigenvalue weighted by Gasteiger charge is -2.27. The van der Waals surface area contributed by atoms with Crippen molar-refractivity contribution in [1.82, 2.24) is 10.2 Å². The summed E-state index contributed by atoms with van der Waals surface area (Å²) in [5.74, 6) is 0.992. The third-order valence-electron chi connectivity index (χ3n) is 4.17. The molecule has 0 aliphatic heterocycles. The van der Waals surface area contributed by atoms with E-state index in [4.69, 9.17) is 10.5 Å². The van der Waals surface area contributed by atoms with Crippen molar-refractivity contribution < 1.29 is 4.74 Å². The summed E-state index contributed by atoms with van der Waals surface area (Å²) in [7, 11) is 0. The number of aryl methyl sites for hydroxylation is 2. The second-order valence-electron chi connectivity index (χ2n) is 5.63. The molecule has 1 aromatic heterocycles. The Morgan fingerprint density at radius 2 is 2.00 bits per heavy atom. The van der Waals surface area contributed by atoms with Crippen LogP contribution in [0, 0.1) is 13.8 Å². The first-order valence-electron chi connectivity index (χ1n) is 7.00. The Balaban J connectivity index is 1.86. The zero-order valence-corrected chi connectivity index (χ0v) is 11.6. The molecule has 0 saturated heterocycles. The SMILES string of the molecule is Cc1c(OC2CCC(N)CC2)cc(C)c2[nH]ncc12. The highest BCUT2D eigenvalue weighted by Gasteiger charge is 2.21. The molecule has 1 aromatic carbocycles. The summed E-state index contributed by atoms with van der Waals surface area (Å²) in [5, 5.41) is 8.32. The highest BCUT2D eigenvalue weighted by atomic mass is 16.5. The minimum absolute atomic E-state index is 0.308. The zero-order chi connectivity index (χ0) is 13.4. The minimum atomic E-state index is 0.308. The number of H-pyrrole nitrogens is 1. The van der Waals surface area contributed by atoms with Gasteiger partial charge in [-0.1, -0.05) is 0 Å². The Morgan fingerprint density at radius 1 is 1.26 bits per heavy atom. The Morgan fingerprint density at radius 3 is 2.74 bits per heavy atom. The molecular weight excluding hydrogens is 238 g/mol. The van der Waals surface area contributed by atoms with Crippen molar-refractivity contribution in [3.05, 3.63) is 23.4 Å². The summed E-state index contributed by atoms with van der Waals surface area (Å²) in [6.45, 7) is 4.19. The van der Waals surface area contributed by atoms with Crippen LogP contribution in [0.1, 0.15) is 36.8 Å². The molecule has 0 amide bonds. The number of hydrogen-bond donors (Lipinski definition) is 2. The van der Waals surface area contributed by atoms with E-state index in [2.05, 4.69) is 30.1 Å². The highest BCUT2D eigenvalue weighted by Crippen LogP contribution is 2.31. The van der Waals surface area contributed by atoms with Gasteiger partial charge in [0.05, 0.1) is 17.8 Å². The molecule has 1 aliphatic carbocycles. The fraction of sp³-hybridized carbons (Fsp3) is 0.533. The third kappa shape index (κ3) is 2.32. The van der Waals surface area contributed by atoms with E-state index in [1.165, 1.54) is 11.1 Å². The van der Waals surface area contributed by atoms with E-state index >= 15 is 0 Å². The summed E-state index contributed by atoms with van der Waals surface area (Å²) in [6, 6.07) is 2.48. The summed E-state index contributed by atoms with van der Waals surface area (Å²) < 4.78 is 6.20. The van der Waals surface area contributed by atoms with Crippen LogP contribution in [-0.2, 0) is 0 Å². The lowest BCUT2D eigenvalue weighted by Crippen LogP contribution is -2.31. The van der Waals surface area contributed by atoms with Crippen LogP contribution in [0.4, 0.5) is 0 Å². The highest BCUT2D eigenvalue weighted by molar-refractivity contribution is 5.86. The van der Waals surface area contributed by atoms with Crippen LogP contribution in [0.2, 0.25) is 0 Å². The van der Waals surface area contributed by atoms with E-state index in [1.807, 2.05) is 6.20 Å². The number of nitrogens with two attached hydrogens (primary N) is 1. The Hall–Kier alpha value is -1.55. The average Bonchev–Trinajstić information content (AvgIpc) is 2.88. The van der Waals surface area contributed by atoms with Crippen molar-refractivity contribution >= 4 is 10.9 Å². The van der Waals surface area contributed by atoms with Gasteiger partial charge in [0.1, 0.15) is 5.75 Å². The maximum Gasteiger partial charge on any atom is 0.123 e. The summed E-state index contributed by atoms with van der Waals surface area (Å²) in [6.07, 6.45) is 6.43. The number of aromatic amines is 1. The van der Waals surface area contributed by atoms with Gasteiger partial charge < -0.3 is 10.5 Å². The van der Waals surface area contributed by atoms with E-state index in [-0.39, 0.29) is 0 Å². The topological polar surface area (TPSA) is 63.9 Å². The Labute approximate surface area is 113 Å². The third-order valence-corrected chi connectivity index (χ3v) is 4.17. The summed E-state index contributed by atoms with van der Waals surface area (Å²) >= 11 is 0. The van der Waals surface area contributed by atoms with Gasteiger partial charge in [-0.05, 0) is 51.2 Å². The van der Waals surface area contributed by atoms with Crippen LogP contribution in [-0.4, -0.2) is 22.3 Å². The molecule has 0 radical (unpaired) electrons. The molecule has 0 atom stereocenters. The molecule has 2 aromatic rings. The van der Waals surface area contributed by atoms with Crippen molar-refractivity contribution in [1.29, 1.82) is 0 Å². The van der Waals surface area contributed by atoms with Gasteiger partial charge >= 0.3 is 0 Å². The quantitative estimate of drug-likeness (QED) is 0.871. The van der Waals surface area contributed by atoms with Crippen LogP contribution in [0.5, 0.6) is 5.75 Å². The van der Waals surface area contributed by atoms with Crippen molar-refractivity contribution in [3.63, 3.8) is 0 Å². The monoisotopic (exact) mass is 259 g/mol. The lowest BCUT2D eigenvalue weighted by molar-refractivity contribution is 0.146. The molecule has 1 heterocycles. The number of aromatic nitrogens is 2. The maximum absolute atomic E-state index is 6.20. The number of hydrogen-bond acceptors (Lipinski definition) is 3. The van der Waals surface area contributed by atoms with E-state index in [0.29, 0.717) is 12.1 Å². The number of rotatable bonds is 2. The van der Waals surface area contributed by atoms with Gasteiger partial charge in [0.15, 0.2) is 0 Å². The van der Waals surface area contributed by atoms with E-state index < -0.39 is 0 Å². The normalized spacial score (nSPS) is 23.7. The fourth-order valence-electron chi connectivity index (χ4n) is 2.89. The molecule has 4 nitrogen and oxygen atoms in total. The second-order valence-corrected chi connectivity index (χ2v) is 5.63. The largest absolute Gasteiger partial charge is 0.490 e. The van der Waals surface area contributed by atoms with Crippen molar-refractivity contribution in [3.8, 4) is 5.75 Å². The number of ether oxygens (including phenoxy) is 1. The van der Waals surface area contributed by atoms with Gasteiger partial charge in [-0.25, -0.2) is 0 Å². The van der Waals surface area contributed by atoms with Crippen LogP contribution in [0.3, 0.4) is 0 Å². The summed E-state index contributed by atoms with van der Waals surface area (Å²) in [5.41, 5.74) is 9.40. The zero-order valence-electron chi connectivity index (χ0n) is 11.6. The van der Waals surface area contributed by atoms with Crippen molar-refractivity contribution in [2.75, 3.05) is 0 Å². The van der Waals surface area contributed by atoms with Gasteiger partial charge in [-0.3, -0.25) is 5.10 Å². The predicted molar refractivity (Wildman–Crippen MR) is 76.4 cm³/mol. The van der Waals surface area contributed by atoms with Crippen LogP contribution in [0.15, 0.2) is 12.3 Å². The van der Waals surface area contributed by atoms with Crippen molar-refractivity contribution in [2.45, 2.75) is 51.7 Å². The van der Waals surface area contributed by atoms with Crippen molar-refractivity contribution in [2.24, 2.45) is 5.73 Å². The lowest BCUT2D eigenvalue weighted by atomic mass is 9.93. The van der Waals surface area contributed by atoms with Crippen LogP contribution >= 0.6 is 0 Å². The smallest absolute Gasteiger partial charge is 0.123 e. The molecule has 1 saturated carbocycles. The maximum atomic E-state index is 6.20. The fourth-order valence-corrected chi connectivity index (χ4v) is 2.89. The average molecular weight is 259 g/mol. The molecule has 0 spiro atoms. The molecule has 0 bridgehead atoms. The van der Waals surface area contributed by atoms with E-state index in [0.717, 1.165) is 42.3 Å².